The van der Waals surface area contributed by atoms with Gasteiger partial charge in [0.15, 0.2) is 5.82 Å². The average Bonchev–Trinajstić information content (AvgIpc) is 3.56. The van der Waals surface area contributed by atoms with E-state index < -0.39 is 0 Å². The van der Waals surface area contributed by atoms with Crippen LogP contribution in [0.3, 0.4) is 0 Å². The molecule has 0 fully saturated rings. The van der Waals surface area contributed by atoms with Gasteiger partial charge in [-0.25, -0.2) is 9.97 Å². The van der Waals surface area contributed by atoms with E-state index in [1.807, 2.05) is 17.4 Å². The molecule has 8 aromatic carbocycles. The first kappa shape index (κ1) is 27.9. The fourth-order valence-corrected chi connectivity index (χ4v) is 8.67. The highest BCUT2D eigenvalue weighted by Crippen LogP contribution is 2.44. The van der Waals surface area contributed by atoms with Crippen LogP contribution in [-0.4, -0.2) is 9.97 Å². The number of thiophene rings is 1. The van der Waals surface area contributed by atoms with Gasteiger partial charge >= 0.3 is 0 Å². The lowest BCUT2D eigenvalue weighted by Gasteiger charge is -2.17. The van der Waals surface area contributed by atoms with Crippen molar-refractivity contribution in [3.63, 3.8) is 0 Å². The highest BCUT2D eigenvalue weighted by molar-refractivity contribution is 7.26. The van der Waals surface area contributed by atoms with Crippen molar-refractivity contribution in [3.8, 4) is 45.0 Å². The molecule has 228 valence electrons. The molecule has 0 aliphatic heterocycles. The smallest absolute Gasteiger partial charge is 0.160 e. The molecule has 0 amide bonds. The summed E-state index contributed by atoms with van der Waals surface area (Å²) in [6.07, 6.45) is 0. The van der Waals surface area contributed by atoms with Crippen LogP contribution >= 0.6 is 11.3 Å². The molecule has 0 aliphatic carbocycles. The number of hydrogen-bond donors (Lipinski definition) is 0. The zero-order valence-electron chi connectivity index (χ0n) is 26.5. The summed E-state index contributed by atoms with van der Waals surface area (Å²) < 4.78 is 2.59. The molecule has 2 heterocycles. The quantitative estimate of drug-likeness (QED) is 0.141. The van der Waals surface area contributed by atoms with Crippen LogP contribution < -0.4 is 0 Å². The molecule has 2 nitrogen and oxygen atoms in total. The van der Waals surface area contributed by atoms with Gasteiger partial charge in [0, 0.05) is 42.4 Å². The fourth-order valence-electron chi connectivity index (χ4n) is 7.44. The standard InChI is InChI=1S/C46H28N2S/c1-2-14-30(15-3-1)46-47-40(36-20-9-8-19-35(36)38-22-12-23-39-37-21-10-11-24-42(37)49-45(38)39)28-41(48-46)44-34-18-7-5-16-31(34)27-32-26-25-29-13-4-6-17-33(29)43(32)44/h1-28H. The molecule has 0 N–H and O–H groups in total. The monoisotopic (exact) mass is 640 g/mol. The Morgan fingerprint density at radius 1 is 0.388 bits per heavy atom. The van der Waals surface area contributed by atoms with Crippen LogP contribution in [0.25, 0.3) is 97.5 Å². The Morgan fingerprint density at radius 3 is 1.90 bits per heavy atom. The van der Waals surface area contributed by atoms with Crippen LogP contribution in [-0.2, 0) is 0 Å². The Bertz CT molecular complexity index is 2890. The second-order valence-electron chi connectivity index (χ2n) is 12.5. The summed E-state index contributed by atoms with van der Waals surface area (Å²) in [7, 11) is 0. The normalized spacial score (nSPS) is 11.7. The summed E-state index contributed by atoms with van der Waals surface area (Å²) in [4.78, 5) is 10.7. The van der Waals surface area contributed by atoms with Gasteiger partial charge in [0.1, 0.15) is 0 Å². The van der Waals surface area contributed by atoms with Gasteiger partial charge in [-0.05, 0) is 56.1 Å². The summed E-state index contributed by atoms with van der Waals surface area (Å²) in [6, 6.07) is 60.8. The maximum atomic E-state index is 5.38. The Hall–Kier alpha value is -6.16. The maximum Gasteiger partial charge on any atom is 0.160 e. The number of rotatable bonds is 4. The summed E-state index contributed by atoms with van der Waals surface area (Å²) in [5.41, 5.74) is 7.41. The summed E-state index contributed by atoms with van der Waals surface area (Å²) in [6.45, 7) is 0. The lowest BCUT2D eigenvalue weighted by Crippen LogP contribution is -1.98. The van der Waals surface area contributed by atoms with Crippen molar-refractivity contribution in [1.29, 1.82) is 0 Å². The van der Waals surface area contributed by atoms with Crippen molar-refractivity contribution in [2.45, 2.75) is 0 Å². The molecule has 10 aromatic rings. The summed E-state index contributed by atoms with van der Waals surface area (Å²) in [5.74, 6) is 0.712. The van der Waals surface area contributed by atoms with E-state index in [0.29, 0.717) is 5.82 Å². The van der Waals surface area contributed by atoms with Crippen LogP contribution in [0.5, 0.6) is 0 Å². The van der Waals surface area contributed by atoms with E-state index in [1.165, 1.54) is 58.1 Å². The predicted molar refractivity (Wildman–Crippen MR) is 209 cm³/mol. The van der Waals surface area contributed by atoms with Crippen molar-refractivity contribution in [1.82, 2.24) is 9.97 Å². The molecule has 10 rings (SSSR count). The second-order valence-corrected chi connectivity index (χ2v) is 13.6. The SMILES string of the molecule is c1ccc(-c2nc(-c3ccccc3-c3cccc4c3sc3ccccc34)cc(-c3c4ccccc4cc4ccc5ccccc5c34)n2)cc1. The summed E-state index contributed by atoms with van der Waals surface area (Å²) >= 11 is 1.86. The molecule has 0 atom stereocenters. The van der Waals surface area contributed by atoms with Crippen molar-refractivity contribution < 1.29 is 0 Å². The zero-order chi connectivity index (χ0) is 32.3. The number of benzene rings is 8. The Kier molecular flexibility index (Phi) is 6.39. The molecular formula is C46H28N2S. The van der Waals surface area contributed by atoms with Crippen molar-refractivity contribution >= 4 is 63.8 Å². The Morgan fingerprint density at radius 2 is 1.02 bits per heavy atom. The van der Waals surface area contributed by atoms with E-state index in [0.717, 1.165) is 33.6 Å². The van der Waals surface area contributed by atoms with Crippen molar-refractivity contribution in [2.24, 2.45) is 0 Å². The van der Waals surface area contributed by atoms with Crippen LogP contribution in [0, 0.1) is 0 Å². The van der Waals surface area contributed by atoms with E-state index in [-0.39, 0.29) is 0 Å². The highest BCUT2D eigenvalue weighted by atomic mass is 32.1. The van der Waals surface area contributed by atoms with Gasteiger partial charge in [-0.2, -0.15) is 0 Å². The molecule has 0 unspecified atom stereocenters. The minimum Gasteiger partial charge on any atom is -0.228 e. The van der Waals surface area contributed by atoms with E-state index in [9.17, 15) is 0 Å². The minimum absolute atomic E-state index is 0.712. The number of nitrogens with zero attached hydrogens (tertiary/aromatic N) is 2. The first-order valence-electron chi connectivity index (χ1n) is 16.6. The van der Waals surface area contributed by atoms with Gasteiger partial charge in [-0.1, -0.05) is 152 Å². The minimum atomic E-state index is 0.712. The lowest BCUT2D eigenvalue weighted by atomic mass is 9.90. The molecule has 0 spiro atoms. The van der Waals surface area contributed by atoms with E-state index in [4.69, 9.17) is 9.97 Å². The average molecular weight is 641 g/mol. The second kappa shape index (κ2) is 11.2. The highest BCUT2D eigenvalue weighted by Gasteiger charge is 2.20. The molecule has 49 heavy (non-hydrogen) atoms. The van der Waals surface area contributed by atoms with E-state index in [1.54, 1.807) is 0 Å². The molecule has 0 saturated heterocycles. The van der Waals surface area contributed by atoms with Crippen LogP contribution in [0.2, 0.25) is 0 Å². The third-order valence-corrected chi connectivity index (χ3v) is 10.9. The van der Waals surface area contributed by atoms with Crippen LogP contribution in [0.1, 0.15) is 0 Å². The molecule has 0 radical (unpaired) electrons. The molecule has 0 saturated carbocycles. The van der Waals surface area contributed by atoms with Crippen molar-refractivity contribution in [2.75, 3.05) is 0 Å². The first-order valence-corrected chi connectivity index (χ1v) is 17.4. The van der Waals surface area contributed by atoms with Crippen molar-refractivity contribution in [3.05, 3.63) is 170 Å². The Labute approximate surface area is 287 Å². The third-order valence-electron chi connectivity index (χ3n) is 9.66. The van der Waals surface area contributed by atoms with Gasteiger partial charge < -0.3 is 0 Å². The van der Waals surface area contributed by atoms with Crippen LogP contribution in [0.15, 0.2) is 170 Å². The summed E-state index contributed by atoms with van der Waals surface area (Å²) in [5, 5.41) is 9.80. The molecular weight excluding hydrogens is 613 g/mol. The zero-order valence-corrected chi connectivity index (χ0v) is 27.3. The first-order chi connectivity index (χ1) is 24.3. The number of aromatic nitrogens is 2. The number of fused-ring (bicyclic) bond motifs is 7. The van der Waals surface area contributed by atoms with Gasteiger partial charge in [-0.15, -0.1) is 11.3 Å². The largest absolute Gasteiger partial charge is 0.228 e. The molecule has 0 aliphatic rings. The van der Waals surface area contributed by atoms with E-state index in [2.05, 4.69) is 164 Å². The molecule has 3 heteroatoms. The maximum absolute atomic E-state index is 5.38. The lowest BCUT2D eigenvalue weighted by molar-refractivity contribution is 1.19. The van der Waals surface area contributed by atoms with Gasteiger partial charge in [0.05, 0.1) is 11.4 Å². The number of hydrogen-bond acceptors (Lipinski definition) is 3. The fraction of sp³-hybridized carbons (Fsp3) is 0. The van der Waals surface area contributed by atoms with Gasteiger partial charge in [0.25, 0.3) is 0 Å². The van der Waals surface area contributed by atoms with Gasteiger partial charge in [-0.3, -0.25) is 0 Å². The predicted octanol–water partition coefficient (Wildman–Crippen LogP) is 13.0. The third kappa shape index (κ3) is 4.55. The Balaban J connectivity index is 1.30. The van der Waals surface area contributed by atoms with Crippen LogP contribution in [0.4, 0.5) is 0 Å². The molecule has 2 aromatic heterocycles. The van der Waals surface area contributed by atoms with Gasteiger partial charge in [0.2, 0.25) is 0 Å². The van der Waals surface area contributed by atoms with E-state index >= 15 is 0 Å². The molecule has 0 bridgehead atoms. The topological polar surface area (TPSA) is 25.8 Å².